The molecule has 0 aliphatic carbocycles. The van der Waals surface area contributed by atoms with Gasteiger partial charge in [0.2, 0.25) is 0 Å². The molecule has 0 aromatic heterocycles. The maximum Gasteiger partial charge on any atom is 0.259 e. The van der Waals surface area contributed by atoms with Gasteiger partial charge in [-0.05, 0) is 36.8 Å². The van der Waals surface area contributed by atoms with E-state index in [0.29, 0.717) is 5.71 Å². The summed E-state index contributed by atoms with van der Waals surface area (Å²) in [5, 5.41) is 7.01. The largest absolute Gasteiger partial charge is 0.376 e. The first-order chi connectivity index (χ1) is 11.4. The second-order valence-corrected chi connectivity index (χ2v) is 7.26. The Morgan fingerprint density at radius 3 is 2.25 bits per heavy atom. The third-order valence-corrected chi connectivity index (χ3v) is 4.40. The van der Waals surface area contributed by atoms with Crippen LogP contribution in [-0.4, -0.2) is 32.8 Å². The van der Waals surface area contributed by atoms with Crippen LogP contribution in [0.15, 0.2) is 64.6 Å². The van der Waals surface area contributed by atoms with Gasteiger partial charge in [-0.2, -0.15) is 5.10 Å². The molecule has 24 heavy (non-hydrogen) atoms. The van der Waals surface area contributed by atoms with Gasteiger partial charge in [0.1, 0.15) is 0 Å². The molecule has 0 heterocycles. The number of anilines is 1. The van der Waals surface area contributed by atoms with Crippen molar-refractivity contribution in [2.45, 2.75) is 11.8 Å². The molecule has 0 fully saturated rings. The normalized spacial score (nSPS) is 11.8. The molecule has 2 aromatic carbocycles. The number of hydrazone groups is 1. The van der Waals surface area contributed by atoms with Crippen LogP contribution in [0, 0.1) is 0 Å². The van der Waals surface area contributed by atoms with Crippen molar-refractivity contribution in [1.82, 2.24) is 5.43 Å². The average Bonchev–Trinajstić information content (AvgIpc) is 2.58. The first-order valence-corrected chi connectivity index (χ1v) is 9.18. The van der Waals surface area contributed by atoms with Gasteiger partial charge in [0.25, 0.3) is 5.91 Å². The summed E-state index contributed by atoms with van der Waals surface area (Å²) in [6.07, 6.45) is 1.16. The Labute approximate surface area is 141 Å². The first kappa shape index (κ1) is 17.7. The molecule has 0 radical (unpaired) electrons. The smallest absolute Gasteiger partial charge is 0.259 e. The number of nitrogens with one attached hydrogen (secondary N) is 2. The molecular formula is C17H19N3O3S. The van der Waals surface area contributed by atoms with Crippen LogP contribution in [0.2, 0.25) is 0 Å². The van der Waals surface area contributed by atoms with Crippen LogP contribution < -0.4 is 10.7 Å². The summed E-state index contributed by atoms with van der Waals surface area (Å²) < 4.78 is 22.8. The number of nitrogens with zero attached hydrogens (tertiary/aromatic N) is 1. The number of carbonyl (C=O) groups excluding carboxylic acids is 1. The zero-order valence-electron chi connectivity index (χ0n) is 13.5. The van der Waals surface area contributed by atoms with Gasteiger partial charge in [0.05, 0.1) is 17.2 Å². The Balaban J connectivity index is 1.92. The average molecular weight is 345 g/mol. The number of hydrogen-bond donors (Lipinski definition) is 2. The van der Waals surface area contributed by atoms with E-state index >= 15 is 0 Å². The fraction of sp³-hybridized carbons (Fsp3) is 0.176. The highest BCUT2D eigenvalue weighted by Crippen LogP contribution is 2.11. The van der Waals surface area contributed by atoms with Crippen molar-refractivity contribution in [3.8, 4) is 0 Å². The molecule has 2 aromatic rings. The van der Waals surface area contributed by atoms with Crippen molar-refractivity contribution >= 4 is 27.1 Å². The van der Waals surface area contributed by atoms with E-state index in [0.717, 1.165) is 17.5 Å². The summed E-state index contributed by atoms with van der Waals surface area (Å²) in [7, 11) is -3.22. The summed E-state index contributed by atoms with van der Waals surface area (Å²) >= 11 is 0. The van der Waals surface area contributed by atoms with Crippen molar-refractivity contribution in [2.24, 2.45) is 5.10 Å². The third-order valence-electron chi connectivity index (χ3n) is 3.28. The van der Waals surface area contributed by atoms with Gasteiger partial charge in [-0.15, -0.1) is 0 Å². The molecule has 0 unspecified atom stereocenters. The van der Waals surface area contributed by atoms with E-state index in [9.17, 15) is 13.2 Å². The Kier molecular flexibility index (Phi) is 5.70. The second kappa shape index (κ2) is 7.74. The SMILES string of the molecule is C/C(=N/NC(=O)CNc1ccccc1)c1ccc(S(C)(=O)=O)cc1. The molecule has 2 rings (SSSR count). The Morgan fingerprint density at radius 1 is 1.04 bits per heavy atom. The third kappa shape index (κ3) is 5.20. The Morgan fingerprint density at radius 2 is 1.67 bits per heavy atom. The number of benzene rings is 2. The number of sulfone groups is 1. The van der Waals surface area contributed by atoms with Crippen molar-refractivity contribution in [1.29, 1.82) is 0 Å². The van der Waals surface area contributed by atoms with Crippen molar-refractivity contribution in [3.05, 3.63) is 60.2 Å². The molecule has 0 saturated carbocycles. The van der Waals surface area contributed by atoms with Crippen LogP contribution >= 0.6 is 0 Å². The first-order valence-electron chi connectivity index (χ1n) is 7.29. The number of para-hydroxylation sites is 1. The molecular weight excluding hydrogens is 326 g/mol. The van der Waals surface area contributed by atoms with E-state index in [-0.39, 0.29) is 17.3 Å². The standard InChI is InChI=1S/C17H19N3O3S/c1-13(14-8-10-16(11-9-14)24(2,22)23)19-20-17(21)12-18-15-6-4-3-5-7-15/h3-11,18H,12H2,1-2H3,(H,20,21)/b19-13-. The summed E-state index contributed by atoms with van der Waals surface area (Å²) in [5.41, 5.74) is 4.64. The zero-order valence-corrected chi connectivity index (χ0v) is 14.3. The predicted molar refractivity (Wildman–Crippen MR) is 94.8 cm³/mol. The van der Waals surface area contributed by atoms with E-state index < -0.39 is 9.84 Å². The summed E-state index contributed by atoms with van der Waals surface area (Å²) in [6.45, 7) is 1.84. The zero-order chi connectivity index (χ0) is 17.6. The highest BCUT2D eigenvalue weighted by Gasteiger charge is 2.07. The summed E-state index contributed by atoms with van der Waals surface area (Å²) in [5.74, 6) is -0.272. The molecule has 126 valence electrons. The Hall–Kier alpha value is -2.67. The predicted octanol–water partition coefficient (Wildman–Crippen LogP) is 2.04. The summed E-state index contributed by atoms with van der Waals surface area (Å²) in [4.78, 5) is 12.0. The molecule has 0 spiro atoms. The van der Waals surface area contributed by atoms with Gasteiger partial charge < -0.3 is 5.32 Å². The number of carbonyl (C=O) groups is 1. The number of hydrogen-bond acceptors (Lipinski definition) is 5. The van der Waals surface area contributed by atoms with Gasteiger partial charge in [0.15, 0.2) is 9.84 Å². The van der Waals surface area contributed by atoms with Crippen LogP contribution in [0.1, 0.15) is 12.5 Å². The fourth-order valence-electron chi connectivity index (χ4n) is 1.93. The minimum absolute atomic E-state index is 0.105. The maximum absolute atomic E-state index is 11.8. The van der Waals surface area contributed by atoms with Gasteiger partial charge in [-0.1, -0.05) is 30.3 Å². The van der Waals surface area contributed by atoms with E-state index in [1.807, 2.05) is 30.3 Å². The minimum atomic E-state index is -3.22. The van der Waals surface area contributed by atoms with Crippen molar-refractivity contribution < 1.29 is 13.2 Å². The molecule has 0 atom stereocenters. The van der Waals surface area contributed by atoms with Crippen LogP contribution in [-0.2, 0) is 14.6 Å². The molecule has 1 amide bonds. The maximum atomic E-state index is 11.8. The van der Waals surface area contributed by atoms with Crippen LogP contribution in [0.25, 0.3) is 0 Å². The quantitative estimate of drug-likeness (QED) is 0.619. The second-order valence-electron chi connectivity index (χ2n) is 5.25. The monoisotopic (exact) mass is 345 g/mol. The van der Waals surface area contributed by atoms with Crippen LogP contribution in [0.3, 0.4) is 0 Å². The highest BCUT2D eigenvalue weighted by atomic mass is 32.2. The van der Waals surface area contributed by atoms with Gasteiger partial charge >= 0.3 is 0 Å². The minimum Gasteiger partial charge on any atom is -0.376 e. The molecule has 6 nitrogen and oxygen atoms in total. The van der Waals surface area contributed by atoms with Crippen LogP contribution in [0.4, 0.5) is 5.69 Å². The molecule has 0 aliphatic rings. The highest BCUT2D eigenvalue weighted by molar-refractivity contribution is 7.90. The lowest BCUT2D eigenvalue weighted by molar-refractivity contribution is -0.119. The lowest BCUT2D eigenvalue weighted by Gasteiger charge is -2.06. The van der Waals surface area contributed by atoms with Crippen molar-refractivity contribution in [3.63, 3.8) is 0 Å². The number of rotatable bonds is 6. The van der Waals surface area contributed by atoms with E-state index in [4.69, 9.17) is 0 Å². The van der Waals surface area contributed by atoms with E-state index in [1.54, 1.807) is 19.1 Å². The van der Waals surface area contributed by atoms with Crippen molar-refractivity contribution in [2.75, 3.05) is 18.1 Å². The van der Waals surface area contributed by atoms with Gasteiger partial charge in [0, 0.05) is 11.9 Å². The van der Waals surface area contributed by atoms with Gasteiger partial charge in [-0.3, -0.25) is 4.79 Å². The molecule has 0 aliphatic heterocycles. The lowest BCUT2D eigenvalue weighted by atomic mass is 10.1. The topological polar surface area (TPSA) is 87.6 Å². The fourth-order valence-corrected chi connectivity index (χ4v) is 2.56. The molecule has 7 heteroatoms. The summed E-state index contributed by atoms with van der Waals surface area (Å²) in [6, 6.07) is 15.7. The lowest BCUT2D eigenvalue weighted by Crippen LogP contribution is -2.26. The number of amides is 1. The molecule has 0 saturated heterocycles. The van der Waals surface area contributed by atoms with E-state index in [2.05, 4.69) is 15.8 Å². The van der Waals surface area contributed by atoms with Crippen LogP contribution in [0.5, 0.6) is 0 Å². The van der Waals surface area contributed by atoms with Gasteiger partial charge in [-0.25, -0.2) is 13.8 Å². The molecule has 2 N–H and O–H groups in total. The van der Waals surface area contributed by atoms with E-state index in [1.165, 1.54) is 12.1 Å². The Bertz CT molecular complexity index is 829. The molecule has 0 bridgehead atoms.